The number of aryl methyl sites for hydroxylation is 1. The monoisotopic (exact) mass is 909 g/mol. The van der Waals surface area contributed by atoms with Gasteiger partial charge in [-0.25, -0.2) is 0 Å². The fraction of sp³-hybridized carbons (Fsp3) is 0.826. The Kier molecular flexibility index (Phi) is 46.5. The van der Waals surface area contributed by atoms with Gasteiger partial charge in [0.15, 0.2) is 6.61 Å². The summed E-state index contributed by atoms with van der Waals surface area (Å²) < 4.78 is 32.0. The number of rotatable bonds is 39. The lowest BCUT2D eigenvalue weighted by atomic mass is 10.1. The van der Waals surface area contributed by atoms with Crippen molar-refractivity contribution >= 4 is 23.8 Å². The molecule has 1 aromatic heterocycles. The van der Waals surface area contributed by atoms with Crippen molar-refractivity contribution < 1.29 is 47.6 Å². The first kappa shape index (κ1) is 61.8. The predicted molar refractivity (Wildman–Crippen MR) is 248 cm³/mol. The maximum Gasteiger partial charge on any atom is 0.306 e. The molecule has 0 aliphatic carbocycles. The zero-order valence-electron chi connectivity index (χ0n) is 40.3. The van der Waals surface area contributed by atoms with E-state index < -0.39 is 0 Å². The highest BCUT2D eigenvalue weighted by Crippen LogP contribution is 2.11. The highest BCUT2D eigenvalue weighted by molar-refractivity contribution is 5.79. The molecular weight excluding hydrogens is 825 g/mol. The molecule has 0 aliphatic heterocycles. The van der Waals surface area contributed by atoms with Crippen molar-refractivity contribution in [2.75, 3.05) is 80.1 Å². The van der Waals surface area contributed by atoms with E-state index in [2.05, 4.69) is 50.7 Å². The van der Waals surface area contributed by atoms with Crippen molar-refractivity contribution in [1.29, 1.82) is 0 Å². The zero-order chi connectivity index (χ0) is 47.7. The van der Waals surface area contributed by atoms with E-state index in [4.69, 9.17) is 40.4 Å². The molecule has 0 spiro atoms. The number of methoxy groups -OCH3 is 2. The molecule has 2 atom stereocenters. The van der Waals surface area contributed by atoms with Crippen molar-refractivity contribution in [3.63, 3.8) is 0 Å². The Morgan fingerprint density at radius 2 is 1.22 bits per heavy atom. The number of ether oxygens (including phenoxy) is 6. The third-order valence-electron chi connectivity index (χ3n) is 9.61. The maximum atomic E-state index is 12.0. The van der Waals surface area contributed by atoms with Crippen LogP contribution in [0.25, 0.3) is 10.4 Å². The number of amides is 2. The van der Waals surface area contributed by atoms with Crippen LogP contribution in [0.5, 0.6) is 0 Å². The molecule has 2 N–H and O–H groups in total. The van der Waals surface area contributed by atoms with Gasteiger partial charge in [0.05, 0.1) is 45.8 Å². The van der Waals surface area contributed by atoms with Gasteiger partial charge in [-0.15, -0.1) is 11.5 Å². The number of esters is 2. The summed E-state index contributed by atoms with van der Waals surface area (Å²) in [5, 5.41) is 17.2. The molecule has 18 heteroatoms. The van der Waals surface area contributed by atoms with Crippen LogP contribution in [0.15, 0.2) is 11.3 Å². The quantitative estimate of drug-likeness (QED) is 0.0162. The number of hydrogen-bond acceptors (Lipinski definition) is 13. The number of aromatic nitrogens is 3. The van der Waals surface area contributed by atoms with Crippen LogP contribution in [0.4, 0.5) is 0 Å². The van der Waals surface area contributed by atoms with E-state index in [1.165, 1.54) is 77.0 Å². The van der Waals surface area contributed by atoms with Gasteiger partial charge in [0, 0.05) is 70.0 Å². The van der Waals surface area contributed by atoms with Crippen LogP contribution in [0.3, 0.4) is 0 Å². The lowest BCUT2D eigenvalue weighted by molar-refractivity contribution is -0.145. The molecule has 64 heavy (non-hydrogen) atoms. The standard InChI is InChI=1S/C23H42N4O5.C14H23NO5.C9H19N3/c1-4-5-6-7-8-9-10-14-27-18-21(25-26-27)19-32-22(28)12-11-20(2)23(29)24-13-15-31-17-16-30-3;1-4-8-20-13(16)6-5-12(2)14(17)15-7-9-19-11-10-18-3;1-2-3-4-5-6-7-8-9-11-12-10/h18,20H,4-17,19H2,1-3H3,(H,24,29);1,12H,5-11H2,2-3H3,(H,15,17);2-9H2,1H3. The minimum absolute atomic E-state index is 0.0295. The van der Waals surface area contributed by atoms with Crippen molar-refractivity contribution in [1.82, 2.24) is 25.6 Å². The molecule has 1 aromatic rings. The van der Waals surface area contributed by atoms with Gasteiger partial charge in [0.2, 0.25) is 11.8 Å². The van der Waals surface area contributed by atoms with Crippen LogP contribution in [-0.4, -0.2) is 119 Å². The third kappa shape index (κ3) is 43.0. The molecule has 1 rings (SSSR count). The number of carbonyl (C=O) groups is 4. The summed E-state index contributed by atoms with van der Waals surface area (Å²) in [5.41, 5.74) is 8.64. The smallest absolute Gasteiger partial charge is 0.306 e. The number of terminal acetylenes is 1. The molecule has 0 bridgehead atoms. The summed E-state index contributed by atoms with van der Waals surface area (Å²) in [4.78, 5) is 49.6. The van der Waals surface area contributed by atoms with E-state index in [0.29, 0.717) is 77.8 Å². The van der Waals surface area contributed by atoms with Gasteiger partial charge in [-0.1, -0.05) is 121 Å². The summed E-state index contributed by atoms with van der Waals surface area (Å²) in [6.07, 6.45) is 25.7. The highest BCUT2D eigenvalue weighted by Gasteiger charge is 2.16. The number of nitrogens with zero attached hydrogens (tertiary/aromatic N) is 6. The molecular formula is C46H84N8O10. The molecule has 2 amide bonds. The number of nitrogens with one attached hydrogen (secondary N) is 2. The Morgan fingerprint density at radius 1 is 0.734 bits per heavy atom. The predicted octanol–water partition coefficient (Wildman–Crippen LogP) is 7.67. The number of carbonyl (C=O) groups excluding carboxylic acids is 4. The normalized spacial score (nSPS) is 11.3. The van der Waals surface area contributed by atoms with Crippen LogP contribution in [0.1, 0.15) is 149 Å². The Labute approximate surface area is 384 Å². The molecule has 0 aromatic carbocycles. The fourth-order valence-electron chi connectivity index (χ4n) is 5.61. The molecule has 0 aliphatic rings. The largest absolute Gasteiger partial charge is 0.459 e. The molecule has 2 unspecified atom stereocenters. The molecule has 18 nitrogen and oxygen atoms in total. The number of unbranched alkanes of at least 4 members (excludes halogenated alkanes) is 12. The minimum atomic E-state index is -0.384. The molecule has 368 valence electrons. The summed E-state index contributed by atoms with van der Waals surface area (Å²) >= 11 is 0. The Bertz CT molecular complexity index is 1370. The van der Waals surface area contributed by atoms with E-state index in [9.17, 15) is 19.2 Å². The van der Waals surface area contributed by atoms with E-state index in [1.807, 2.05) is 6.20 Å². The molecule has 0 radical (unpaired) electrons. The fourth-order valence-corrected chi connectivity index (χ4v) is 5.61. The Hall–Kier alpha value is -4.27. The highest BCUT2D eigenvalue weighted by atomic mass is 16.5. The van der Waals surface area contributed by atoms with Crippen LogP contribution in [-0.2, 0) is 60.8 Å². The molecule has 0 fully saturated rings. The lowest BCUT2D eigenvalue weighted by Crippen LogP contribution is -2.32. The average Bonchev–Trinajstić information content (AvgIpc) is 3.76. The van der Waals surface area contributed by atoms with E-state index in [0.717, 1.165) is 19.4 Å². The van der Waals surface area contributed by atoms with Crippen molar-refractivity contribution in [2.24, 2.45) is 17.0 Å². The van der Waals surface area contributed by atoms with Gasteiger partial charge < -0.3 is 39.1 Å². The van der Waals surface area contributed by atoms with Crippen molar-refractivity contribution in [2.45, 2.75) is 156 Å². The first-order chi connectivity index (χ1) is 31.1. The van der Waals surface area contributed by atoms with E-state index in [-0.39, 0.29) is 61.6 Å². The molecule has 0 saturated carbocycles. The van der Waals surface area contributed by atoms with E-state index in [1.54, 1.807) is 32.7 Å². The number of hydrogen-bond donors (Lipinski definition) is 2. The van der Waals surface area contributed by atoms with Gasteiger partial charge in [-0.05, 0) is 31.2 Å². The van der Waals surface area contributed by atoms with Gasteiger partial charge in [-0.3, -0.25) is 23.9 Å². The molecule has 0 saturated heterocycles. The molecule has 1 heterocycles. The zero-order valence-corrected chi connectivity index (χ0v) is 40.3. The third-order valence-corrected chi connectivity index (χ3v) is 9.61. The number of azide groups is 1. The Morgan fingerprint density at radius 3 is 1.70 bits per heavy atom. The SMILES string of the molecule is C#CCOC(=O)CCC(C)C(=O)NCCOCCOC.CCCCCCCCCN=[N+]=[N-].CCCCCCCCCn1cc(COC(=O)CCC(C)C(=O)NCCOCCOC)nn1. The average molecular weight is 909 g/mol. The Balaban J connectivity index is 0. The van der Waals surface area contributed by atoms with Gasteiger partial charge >= 0.3 is 11.9 Å². The maximum absolute atomic E-state index is 12.0. The first-order valence-electron chi connectivity index (χ1n) is 23.4. The second-order valence-electron chi connectivity index (χ2n) is 15.4. The summed E-state index contributed by atoms with van der Waals surface area (Å²) in [6.45, 7) is 13.4. The lowest BCUT2D eigenvalue weighted by Gasteiger charge is -2.12. The van der Waals surface area contributed by atoms with Crippen LogP contribution in [0, 0.1) is 24.2 Å². The first-order valence-corrected chi connectivity index (χ1v) is 23.4. The van der Waals surface area contributed by atoms with Crippen molar-refractivity contribution in [3.8, 4) is 12.3 Å². The van der Waals surface area contributed by atoms with Crippen LogP contribution in [0.2, 0.25) is 0 Å². The minimum Gasteiger partial charge on any atom is -0.459 e. The second-order valence-corrected chi connectivity index (χ2v) is 15.4. The van der Waals surface area contributed by atoms with E-state index >= 15 is 0 Å². The summed E-state index contributed by atoms with van der Waals surface area (Å²) in [5.74, 6) is 0.757. The van der Waals surface area contributed by atoms with Gasteiger partial charge in [0.1, 0.15) is 12.3 Å². The van der Waals surface area contributed by atoms with Crippen molar-refractivity contribution in [3.05, 3.63) is 22.3 Å². The van der Waals surface area contributed by atoms with Crippen LogP contribution < -0.4 is 10.6 Å². The van der Waals surface area contributed by atoms with Gasteiger partial charge in [0.25, 0.3) is 0 Å². The summed E-state index contributed by atoms with van der Waals surface area (Å²) in [6, 6.07) is 0. The summed E-state index contributed by atoms with van der Waals surface area (Å²) in [7, 11) is 3.21. The van der Waals surface area contributed by atoms with Gasteiger partial charge in [-0.2, -0.15) is 0 Å². The second kappa shape index (κ2) is 48.2. The topological polar surface area (TPSA) is 227 Å². The van der Waals surface area contributed by atoms with Crippen LogP contribution >= 0.6 is 0 Å².